The Morgan fingerprint density at radius 2 is 2.00 bits per heavy atom. The number of thiocarbonyl (C=S) groups is 1. The second-order valence-electron chi connectivity index (χ2n) is 5.22. The summed E-state index contributed by atoms with van der Waals surface area (Å²) in [7, 11) is -1.06. The molecule has 1 aromatic rings. The number of carbonyl (C=O) groups is 1. The maximum Gasteiger partial charge on any atom is 0.413 e. The van der Waals surface area contributed by atoms with Crippen molar-refractivity contribution in [1.82, 2.24) is 5.32 Å². The van der Waals surface area contributed by atoms with E-state index in [-0.39, 0.29) is 5.11 Å². The molecule has 0 saturated heterocycles. The number of hydrogen-bond donors (Lipinski definition) is 3. The van der Waals surface area contributed by atoms with Crippen molar-refractivity contribution in [2.45, 2.75) is 44.4 Å². The van der Waals surface area contributed by atoms with Crippen molar-refractivity contribution in [2.24, 2.45) is 0 Å². The molecule has 0 radical (unpaired) electrons. The third-order valence-electron chi connectivity index (χ3n) is 3.16. The van der Waals surface area contributed by atoms with Crippen LogP contribution in [0.4, 0.5) is 16.2 Å². The molecule has 0 aromatic heterocycles. The van der Waals surface area contributed by atoms with Crippen LogP contribution in [0, 0.1) is 0 Å². The zero-order valence-corrected chi connectivity index (χ0v) is 15.7. The summed E-state index contributed by atoms with van der Waals surface area (Å²) in [6, 6.07) is 5.11. The van der Waals surface area contributed by atoms with Crippen LogP contribution in [0.15, 0.2) is 23.1 Å². The molecule has 6 nitrogen and oxygen atoms in total. The lowest BCUT2D eigenvalue weighted by atomic mass is 10.3. The van der Waals surface area contributed by atoms with Gasteiger partial charge in [0.15, 0.2) is 5.11 Å². The van der Waals surface area contributed by atoms with Crippen LogP contribution in [-0.2, 0) is 15.5 Å². The van der Waals surface area contributed by atoms with Gasteiger partial charge in [-0.1, -0.05) is 26.7 Å². The monoisotopic (exact) mass is 371 g/mol. The Morgan fingerprint density at radius 3 is 2.62 bits per heavy atom. The van der Waals surface area contributed by atoms with Crippen LogP contribution in [0.3, 0.4) is 0 Å². The molecular weight excluding hydrogens is 346 g/mol. The highest BCUT2D eigenvalue weighted by Gasteiger charge is 2.10. The lowest BCUT2D eigenvalue weighted by molar-refractivity contribution is 0.150. The number of rotatable bonds is 8. The molecule has 0 aliphatic heterocycles. The molecule has 4 N–H and O–H groups in total. The third kappa shape index (κ3) is 7.27. The van der Waals surface area contributed by atoms with Crippen molar-refractivity contribution in [3.8, 4) is 0 Å². The molecule has 0 saturated carbocycles. The van der Waals surface area contributed by atoms with E-state index in [4.69, 9.17) is 22.7 Å². The maximum atomic E-state index is 12.1. The Bertz CT molecular complexity index is 594. The molecule has 1 amide bonds. The number of amides is 1. The molecule has 0 aliphatic rings. The number of ether oxygens (including phenoxy) is 1. The number of unbranched alkanes of at least 4 members (excludes halogenated alkanes) is 2. The van der Waals surface area contributed by atoms with Gasteiger partial charge in [0.2, 0.25) is 0 Å². The van der Waals surface area contributed by atoms with E-state index in [0.29, 0.717) is 28.6 Å². The molecular formula is C16H25N3O3S2. The Hall–Kier alpha value is -1.67. The fourth-order valence-corrected chi connectivity index (χ4v) is 3.24. The summed E-state index contributed by atoms with van der Waals surface area (Å²) in [5.74, 6) is 0.617. The van der Waals surface area contributed by atoms with E-state index in [1.807, 2.05) is 6.92 Å². The van der Waals surface area contributed by atoms with Gasteiger partial charge in [-0.05, 0) is 43.3 Å². The normalized spacial score (nSPS) is 11.6. The first kappa shape index (κ1) is 20.4. The number of nitrogens with two attached hydrogens (primary N) is 1. The minimum Gasteiger partial charge on any atom is -0.449 e. The summed E-state index contributed by atoms with van der Waals surface area (Å²) in [4.78, 5) is 12.2. The predicted octanol–water partition coefficient (Wildman–Crippen LogP) is 3.40. The molecule has 0 fully saturated rings. The highest BCUT2D eigenvalue weighted by Crippen LogP contribution is 2.22. The summed E-state index contributed by atoms with van der Waals surface area (Å²) in [6.07, 6.45) is 3.04. The Morgan fingerprint density at radius 1 is 1.29 bits per heavy atom. The minimum absolute atomic E-state index is 0.100. The van der Waals surface area contributed by atoms with Crippen LogP contribution in [0.5, 0.6) is 0 Å². The van der Waals surface area contributed by atoms with Crippen molar-refractivity contribution in [3.05, 3.63) is 18.2 Å². The quantitative estimate of drug-likeness (QED) is 0.368. The summed E-state index contributed by atoms with van der Waals surface area (Å²) in [6.45, 7) is 4.42. The first-order chi connectivity index (χ1) is 11.5. The van der Waals surface area contributed by atoms with E-state index in [1.54, 1.807) is 18.2 Å². The fourth-order valence-electron chi connectivity index (χ4n) is 1.78. The summed E-state index contributed by atoms with van der Waals surface area (Å²) >= 11 is 5.05. The van der Waals surface area contributed by atoms with Gasteiger partial charge in [-0.25, -0.2) is 4.79 Å². The lowest BCUT2D eigenvalue weighted by Crippen LogP contribution is -2.34. The first-order valence-corrected chi connectivity index (χ1v) is 9.73. The van der Waals surface area contributed by atoms with Crippen molar-refractivity contribution in [1.29, 1.82) is 0 Å². The van der Waals surface area contributed by atoms with Gasteiger partial charge in [0.1, 0.15) is 0 Å². The smallest absolute Gasteiger partial charge is 0.413 e. The standard InChI is InChI=1S/C16H25N3O3S2/c1-3-5-9-22-16(20)19-15(23)18-14-8-7-12(11-13(14)17)24(21)10-6-4-2/h7-8,11H,3-6,9-10,17H2,1-2H3,(H2,18,19,20,23). The minimum atomic E-state index is -1.06. The van der Waals surface area contributed by atoms with E-state index >= 15 is 0 Å². The molecule has 24 heavy (non-hydrogen) atoms. The summed E-state index contributed by atoms with van der Waals surface area (Å²) in [5.41, 5.74) is 6.93. The Balaban J connectivity index is 2.57. The summed E-state index contributed by atoms with van der Waals surface area (Å²) < 4.78 is 17.1. The van der Waals surface area contributed by atoms with E-state index < -0.39 is 16.9 Å². The SMILES string of the molecule is CCCCOC(=O)NC(=S)Nc1ccc(S(=O)CCCC)cc1N. The number of nitrogen functional groups attached to an aromatic ring is 1. The predicted molar refractivity (Wildman–Crippen MR) is 103 cm³/mol. The van der Waals surface area contributed by atoms with Gasteiger partial charge in [0.05, 0.1) is 28.8 Å². The van der Waals surface area contributed by atoms with E-state index in [0.717, 1.165) is 25.7 Å². The molecule has 0 bridgehead atoms. The average Bonchev–Trinajstić information content (AvgIpc) is 2.54. The molecule has 1 aromatic carbocycles. The van der Waals surface area contributed by atoms with Gasteiger partial charge in [-0.2, -0.15) is 0 Å². The van der Waals surface area contributed by atoms with Crippen molar-refractivity contribution in [2.75, 3.05) is 23.4 Å². The van der Waals surface area contributed by atoms with E-state index in [2.05, 4.69) is 17.6 Å². The van der Waals surface area contributed by atoms with Gasteiger partial charge in [-0.15, -0.1) is 0 Å². The van der Waals surface area contributed by atoms with Crippen molar-refractivity contribution >= 4 is 45.6 Å². The number of nitrogens with one attached hydrogen (secondary N) is 2. The third-order valence-corrected chi connectivity index (χ3v) is 4.81. The number of carbonyl (C=O) groups excluding carboxylic acids is 1. The largest absolute Gasteiger partial charge is 0.449 e. The highest BCUT2D eigenvalue weighted by atomic mass is 32.2. The van der Waals surface area contributed by atoms with Crippen molar-refractivity contribution in [3.63, 3.8) is 0 Å². The van der Waals surface area contributed by atoms with E-state index in [9.17, 15) is 9.00 Å². The van der Waals surface area contributed by atoms with Crippen LogP contribution in [0.1, 0.15) is 39.5 Å². The van der Waals surface area contributed by atoms with E-state index in [1.165, 1.54) is 0 Å². The van der Waals surface area contributed by atoms with Crippen LogP contribution in [0.25, 0.3) is 0 Å². The fraction of sp³-hybridized carbons (Fsp3) is 0.500. The molecule has 0 spiro atoms. The van der Waals surface area contributed by atoms with Crippen LogP contribution < -0.4 is 16.4 Å². The number of anilines is 2. The first-order valence-electron chi connectivity index (χ1n) is 8.00. The molecule has 1 atom stereocenters. The van der Waals surface area contributed by atoms with Gasteiger partial charge in [0, 0.05) is 10.6 Å². The average molecular weight is 372 g/mol. The zero-order chi connectivity index (χ0) is 17.9. The Labute approximate surface area is 151 Å². The van der Waals surface area contributed by atoms with Crippen LogP contribution in [-0.4, -0.2) is 27.8 Å². The van der Waals surface area contributed by atoms with Crippen molar-refractivity contribution < 1.29 is 13.7 Å². The topological polar surface area (TPSA) is 93.5 Å². The summed E-state index contributed by atoms with van der Waals surface area (Å²) in [5, 5.41) is 5.36. The maximum absolute atomic E-state index is 12.1. The molecule has 0 heterocycles. The lowest BCUT2D eigenvalue weighted by Gasteiger charge is -2.12. The van der Waals surface area contributed by atoms with Gasteiger partial charge >= 0.3 is 6.09 Å². The van der Waals surface area contributed by atoms with Gasteiger partial charge in [0.25, 0.3) is 0 Å². The zero-order valence-electron chi connectivity index (χ0n) is 14.1. The van der Waals surface area contributed by atoms with Gasteiger partial charge in [-0.3, -0.25) is 9.53 Å². The second kappa shape index (κ2) is 11.0. The van der Waals surface area contributed by atoms with Crippen LogP contribution in [0.2, 0.25) is 0 Å². The highest BCUT2D eigenvalue weighted by molar-refractivity contribution is 7.85. The molecule has 8 heteroatoms. The van der Waals surface area contributed by atoms with Gasteiger partial charge < -0.3 is 15.8 Å². The molecule has 1 rings (SSSR count). The molecule has 1 unspecified atom stereocenters. The Kier molecular flexibility index (Phi) is 9.33. The number of alkyl carbamates (subject to hydrolysis) is 1. The van der Waals surface area contributed by atoms with Crippen LogP contribution >= 0.6 is 12.2 Å². The number of benzene rings is 1. The molecule has 134 valence electrons. The number of hydrogen-bond acceptors (Lipinski definition) is 5. The molecule has 0 aliphatic carbocycles. The second-order valence-corrected chi connectivity index (χ2v) is 7.20.